The molecular weight excluding hydrogens is 230 g/mol. The summed E-state index contributed by atoms with van der Waals surface area (Å²) in [5.74, 6) is 0. The molecule has 0 fully saturated rings. The van der Waals surface area contributed by atoms with Gasteiger partial charge in [0.25, 0.3) is 0 Å². The van der Waals surface area contributed by atoms with Crippen LogP contribution in [-0.2, 0) is 12.0 Å². The van der Waals surface area contributed by atoms with E-state index in [0.717, 1.165) is 18.8 Å². The summed E-state index contributed by atoms with van der Waals surface area (Å²) >= 11 is 1.76. The van der Waals surface area contributed by atoms with Crippen LogP contribution >= 0.6 is 11.3 Å². The number of likely N-dealkylation sites (N-methyl/N-ethyl adjacent to an activating group) is 1. The molecule has 3 nitrogen and oxygen atoms in total. The van der Waals surface area contributed by atoms with E-state index in [1.165, 1.54) is 5.01 Å². The minimum absolute atomic E-state index is 0.167. The maximum Gasteiger partial charge on any atom is 0.0982 e. The van der Waals surface area contributed by atoms with Gasteiger partial charge >= 0.3 is 0 Å². The zero-order chi connectivity index (χ0) is 13.1. The van der Waals surface area contributed by atoms with Crippen LogP contribution in [0.4, 0.5) is 0 Å². The Morgan fingerprint density at radius 3 is 2.53 bits per heavy atom. The number of nitrogens with one attached hydrogen (secondary N) is 1. The molecule has 17 heavy (non-hydrogen) atoms. The molecule has 1 heterocycles. The van der Waals surface area contributed by atoms with Gasteiger partial charge in [-0.15, -0.1) is 11.3 Å². The molecule has 0 aliphatic carbocycles. The van der Waals surface area contributed by atoms with Crippen molar-refractivity contribution in [3.05, 3.63) is 16.1 Å². The van der Waals surface area contributed by atoms with E-state index in [-0.39, 0.29) is 5.41 Å². The van der Waals surface area contributed by atoms with Crippen molar-refractivity contribution in [1.82, 2.24) is 15.2 Å². The molecule has 98 valence electrons. The van der Waals surface area contributed by atoms with Crippen LogP contribution in [-0.4, -0.2) is 36.6 Å². The summed E-state index contributed by atoms with van der Waals surface area (Å²) in [7, 11) is 4.21. The second kappa shape index (κ2) is 5.94. The summed E-state index contributed by atoms with van der Waals surface area (Å²) in [4.78, 5) is 6.88. The molecule has 1 rings (SSSR count). The number of rotatable bonds is 5. The largest absolute Gasteiger partial charge is 0.310 e. The van der Waals surface area contributed by atoms with E-state index in [2.05, 4.69) is 62.4 Å². The van der Waals surface area contributed by atoms with E-state index >= 15 is 0 Å². The Hall–Kier alpha value is -0.450. The van der Waals surface area contributed by atoms with Crippen LogP contribution in [0.15, 0.2) is 5.38 Å². The molecular formula is C13H25N3S. The lowest BCUT2D eigenvalue weighted by Gasteiger charge is -2.19. The monoisotopic (exact) mass is 255 g/mol. The zero-order valence-electron chi connectivity index (χ0n) is 11.9. The van der Waals surface area contributed by atoms with Crippen LogP contribution in [0.25, 0.3) is 0 Å². The quantitative estimate of drug-likeness (QED) is 0.876. The molecule has 0 aromatic carbocycles. The van der Waals surface area contributed by atoms with Gasteiger partial charge in [0.2, 0.25) is 0 Å². The number of nitrogens with zero attached hydrogens (tertiary/aromatic N) is 2. The number of hydrogen-bond donors (Lipinski definition) is 1. The Morgan fingerprint density at radius 1 is 1.41 bits per heavy atom. The topological polar surface area (TPSA) is 28.2 Å². The van der Waals surface area contributed by atoms with Crippen LogP contribution in [0.1, 0.15) is 38.4 Å². The second-order valence-electron chi connectivity index (χ2n) is 5.84. The first-order valence-electron chi connectivity index (χ1n) is 6.12. The van der Waals surface area contributed by atoms with E-state index in [9.17, 15) is 0 Å². The number of thiazole rings is 1. The molecule has 0 amide bonds. The molecule has 1 aromatic heterocycles. The van der Waals surface area contributed by atoms with Crippen LogP contribution in [0.2, 0.25) is 0 Å². The van der Waals surface area contributed by atoms with Gasteiger partial charge in [0.15, 0.2) is 0 Å². The second-order valence-corrected chi connectivity index (χ2v) is 6.70. The Bertz CT molecular complexity index is 339. The van der Waals surface area contributed by atoms with Crippen molar-refractivity contribution in [3.63, 3.8) is 0 Å². The fraction of sp³-hybridized carbons (Fsp3) is 0.769. The Balaban J connectivity index is 2.41. The summed E-state index contributed by atoms with van der Waals surface area (Å²) in [6.07, 6.45) is 0. The van der Waals surface area contributed by atoms with Crippen molar-refractivity contribution in [2.75, 3.05) is 20.6 Å². The zero-order valence-corrected chi connectivity index (χ0v) is 12.7. The minimum atomic E-state index is 0.167. The molecule has 1 unspecified atom stereocenters. The van der Waals surface area contributed by atoms with Gasteiger partial charge in [-0.2, -0.15) is 0 Å². The predicted molar refractivity (Wildman–Crippen MR) is 75.7 cm³/mol. The molecule has 0 spiro atoms. The summed E-state index contributed by atoms with van der Waals surface area (Å²) in [5.41, 5.74) is 1.32. The molecule has 0 saturated heterocycles. The van der Waals surface area contributed by atoms with Crippen LogP contribution < -0.4 is 5.32 Å². The SMILES string of the molecule is CC(CNCc1csc(C(C)(C)C)n1)N(C)C. The van der Waals surface area contributed by atoms with Crippen molar-refractivity contribution in [2.45, 2.75) is 45.7 Å². The highest BCUT2D eigenvalue weighted by molar-refractivity contribution is 7.09. The summed E-state index contributed by atoms with van der Waals surface area (Å²) in [5, 5.41) is 6.83. The average molecular weight is 255 g/mol. The first kappa shape index (κ1) is 14.6. The smallest absolute Gasteiger partial charge is 0.0982 e. The molecule has 4 heteroatoms. The van der Waals surface area contributed by atoms with Crippen molar-refractivity contribution in [2.24, 2.45) is 0 Å². The van der Waals surface area contributed by atoms with Crippen molar-refractivity contribution >= 4 is 11.3 Å². The van der Waals surface area contributed by atoms with E-state index in [0.29, 0.717) is 6.04 Å². The standard InChI is InChI=1S/C13H25N3S/c1-10(16(5)6)7-14-8-11-9-17-12(15-11)13(2,3)4/h9-10,14H,7-8H2,1-6H3. The van der Waals surface area contributed by atoms with Gasteiger partial charge < -0.3 is 10.2 Å². The minimum Gasteiger partial charge on any atom is -0.310 e. The number of aromatic nitrogens is 1. The molecule has 1 aromatic rings. The van der Waals surface area contributed by atoms with Gasteiger partial charge in [0, 0.05) is 29.9 Å². The lowest BCUT2D eigenvalue weighted by Crippen LogP contribution is -2.35. The van der Waals surface area contributed by atoms with Crippen LogP contribution in [0.5, 0.6) is 0 Å². The van der Waals surface area contributed by atoms with Crippen LogP contribution in [0.3, 0.4) is 0 Å². The van der Waals surface area contributed by atoms with Crippen molar-refractivity contribution in [1.29, 1.82) is 0 Å². The highest BCUT2D eigenvalue weighted by Crippen LogP contribution is 2.25. The highest BCUT2D eigenvalue weighted by Gasteiger charge is 2.17. The van der Waals surface area contributed by atoms with Gasteiger partial charge in [-0.05, 0) is 21.0 Å². The van der Waals surface area contributed by atoms with E-state index < -0.39 is 0 Å². The molecule has 1 atom stereocenters. The van der Waals surface area contributed by atoms with Gasteiger partial charge in [0.1, 0.15) is 0 Å². The van der Waals surface area contributed by atoms with Gasteiger partial charge in [-0.25, -0.2) is 4.98 Å². The molecule has 0 radical (unpaired) electrons. The Kier molecular flexibility index (Phi) is 5.10. The predicted octanol–water partition coefficient (Wildman–Crippen LogP) is 2.48. The van der Waals surface area contributed by atoms with Gasteiger partial charge in [-0.1, -0.05) is 20.8 Å². The van der Waals surface area contributed by atoms with E-state index in [4.69, 9.17) is 0 Å². The Labute approximate surface area is 109 Å². The lowest BCUT2D eigenvalue weighted by atomic mass is 9.98. The third kappa shape index (κ3) is 4.74. The fourth-order valence-electron chi connectivity index (χ4n) is 1.32. The van der Waals surface area contributed by atoms with Gasteiger partial charge in [-0.3, -0.25) is 0 Å². The third-order valence-corrected chi connectivity index (χ3v) is 4.14. The van der Waals surface area contributed by atoms with Crippen LogP contribution in [0, 0.1) is 0 Å². The first-order valence-corrected chi connectivity index (χ1v) is 7.00. The van der Waals surface area contributed by atoms with Crippen molar-refractivity contribution in [3.8, 4) is 0 Å². The van der Waals surface area contributed by atoms with Gasteiger partial charge in [0.05, 0.1) is 10.7 Å². The molecule has 0 bridgehead atoms. The van der Waals surface area contributed by atoms with E-state index in [1.807, 2.05) is 0 Å². The lowest BCUT2D eigenvalue weighted by molar-refractivity contribution is 0.302. The van der Waals surface area contributed by atoms with E-state index in [1.54, 1.807) is 11.3 Å². The summed E-state index contributed by atoms with van der Waals surface area (Å²) < 4.78 is 0. The normalized spacial score (nSPS) is 14.3. The molecule has 0 saturated carbocycles. The molecule has 0 aliphatic heterocycles. The fourth-order valence-corrected chi connectivity index (χ4v) is 2.23. The maximum atomic E-state index is 4.67. The number of hydrogen-bond acceptors (Lipinski definition) is 4. The maximum absolute atomic E-state index is 4.67. The molecule has 1 N–H and O–H groups in total. The summed E-state index contributed by atoms with van der Waals surface area (Å²) in [6.45, 7) is 10.7. The third-order valence-electron chi connectivity index (χ3n) is 2.82. The first-order chi connectivity index (χ1) is 7.80. The summed E-state index contributed by atoms with van der Waals surface area (Å²) in [6, 6.07) is 0.552. The van der Waals surface area contributed by atoms with Crippen molar-refractivity contribution < 1.29 is 0 Å². The highest BCUT2D eigenvalue weighted by atomic mass is 32.1. The molecule has 0 aliphatic rings. The Morgan fingerprint density at radius 2 is 2.06 bits per heavy atom. The average Bonchev–Trinajstić information content (AvgIpc) is 2.65.